The van der Waals surface area contributed by atoms with Gasteiger partial charge >= 0.3 is 6.09 Å². The van der Waals surface area contributed by atoms with Crippen LogP contribution in [0.4, 0.5) is 4.79 Å². The molecule has 2 amide bonds. The molecule has 1 saturated heterocycles. The van der Waals surface area contributed by atoms with Gasteiger partial charge in [-0.15, -0.1) is 0 Å². The molecular weight excluding hydrogens is 294 g/mol. The van der Waals surface area contributed by atoms with Crippen molar-refractivity contribution in [1.29, 1.82) is 0 Å². The molecule has 2 rings (SSSR count). The summed E-state index contributed by atoms with van der Waals surface area (Å²) in [5.41, 5.74) is 0.289. The SMILES string of the molecule is CC(C)[C@@H]1N(C(=O)[C@H](C)OCc2ccccc2)C(=O)OC1(C)C. The molecule has 5 heteroatoms. The number of imide groups is 1. The fourth-order valence-electron chi connectivity index (χ4n) is 3.15. The van der Waals surface area contributed by atoms with Gasteiger partial charge in [0.25, 0.3) is 5.91 Å². The quantitative estimate of drug-likeness (QED) is 0.835. The van der Waals surface area contributed by atoms with Crippen molar-refractivity contribution in [3.8, 4) is 0 Å². The number of carbonyl (C=O) groups excluding carboxylic acids is 2. The van der Waals surface area contributed by atoms with E-state index in [0.717, 1.165) is 5.56 Å². The highest BCUT2D eigenvalue weighted by Crippen LogP contribution is 2.34. The van der Waals surface area contributed by atoms with Crippen molar-refractivity contribution in [2.24, 2.45) is 5.92 Å². The van der Waals surface area contributed by atoms with Gasteiger partial charge in [0.1, 0.15) is 11.7 Å². The fourth-order valence-corrected chi connectivity index (χ4v) is 3.15. The summed E-state index contributed by atoms with van der Waals surface area (Å²) in [6.45, 7) is 9.61. The first-order chi connectivity index (χ1) is 10.7. The zero-order valence-corrected chi connectivity index (χ0v) is 14.4. The molecule has 1 aliphatic rings. The number of hydrogen-bond donors (Lipinski definition) is 0. The number of carbonyl (C=O) groups is 2. The van der Waals surface area contributed by atoms with Crippen LogP contribution in [0.15, 0.2) is 30.3 Å². The minimum atomic E-state index is -0.710. The lowest BCUT2D eigenvalue weighted by Gasteiger charge is -2.31. The Morgan fingerprint density at radius 1 is 1.26 bits per heavy atom. The van der Waals surface area contributed by atoms with Crippen LogP contribution in [0.1, 0.15) is 40.2 Å². The molecule has 2 atom stereocenters. The molecule has 0 unspecified atom stereocenters. The summed E-state index contributed by atoms with van der Waals surface area (Å²) >= 11 is 0. The van der Waals surface area contributed by atoms with E-state index < -0.39 is 17.8 Å². The lowest BCUT2D eigenvalue weighted by Crippen LogP contribution is -2.51. The molecule has 0 spiro atoms. The van der Waals surface area contributed by atoms with Crippen LogP contribution in [0.5, 0.6) is 0 Å². The van der Waals surface area contributed by atoms with Crippen molar-refractivity contribution in [3.05, 3.63) is 35.9 Å². The lowest BCUT2D eigenvalue weighted by atomic mass is 9.89. The second-order valence-corrected chi connectivity index (χ2v) is 6.81. The number of ether oxygens (including phenoxy) is 2. The number of nitrogens with zero attached hydrogens (tertiary/aromatic N) is 1. The van der Waals surface area contributed by atoms with Gasteiger partial charge in [0.15, 0.2) is 0 Å². The van der Waals surface area contributed by atoms with Gasteiger partial charge in [-0.3, -0.25) is 4.79 Å². The van der Waals surface area contributed by atoms with E-state index in [2.05, 4.69) is 0 Å². The minimum absolute atomic E-state index is 0.0988. The third-order valence-corrected chi connectivity index (χ3v) is 4.10. The zero-order chi connectivity index (χ0) is 17.2. The maximum Gasteiger partial charge on any atom is 0.417 e. The Bertz CT molecular complexity index is 568. The van der Waals surface area contributed by atoms with Crippen LogP contribution < -0.4 is 0 Å². The number of benzene rings is 1. The average molecular weight is 319 g/mol. The van der Waals surface area contributed by atoms with Crippen LogP contribution in [0, 0.1) is 5.92 Å². The summed E-state index contributed by atoms with van der Waals surface area (Å²) in [4.78, 5) is 26.1. The predicted molar refractivity (Wildman–Crippen MR) is 86.7 cm³/mol. The number of rotatable bonds is 5. The van der Waals surface area contributed by atoms with Crippen molar-refractivity contribution in [1.82, 2.24) is 4.90 Å². The van der Waals surface area contributed by atoms with Gasteiger partial charge < -0.3 is 9.47 Å². The second-order valence-electron chi connectivity index (χ2n) is 6.81. The zero-order valence-electron chi connectivity index (χ0n) is 14.4. The molecule has 126 valence electrons. The molecule has 1 aromatic carbocycles. The summed E-state index contributed by atoms with van der Waals surface area (Å²) in [5.74, 6) is -0.253. The van der Waals surface area contributed by atoms with E-state index in [0.29, 0.717) is 6.61 Å². The number of amides is 2. The molecule has 23 heavy (non-hydrogen) atoms. The highest BCUT2D eigenvalue weighted by Gasteiger charge is 2.52. The number of hydrogen-bond acceptors (Lipinski definition) is 4. The van der Waals surface area contributed by atoms with Gasteiger partial charge in [-0.2, -0.15) is 0 Å². The fraction of sp³-hybridized carbons (Fsp3) is 0.556. The van der Waals surface area contributed by atoms with Crippen LogP contribution >= 0.6 is 0 Å². The van der Waals surface area contributed by atoms with Gasteiger partial charge in [-0.25, -0.2) is 9.69 Å². The summed E-state index contributed by atoms with van der Waals surface area (Å²) in [5, 5.41) is 0. The maximum absolute atomic E-state index is 12.7. The Labute approximate surface area is 137 Å². The first-order valence-corrected chi connectivity index (χ1v) is 7.95. The van der Waals surface area contributed by atoms with Gasteiger partial charge in [0.05, 0.1) is 12.6 Å². The lowest BCUT2D eigenvalue weighted by molar-refractivity contribution is -0.142. The maximum atomic E-state index is 12.7. The molecule has 1 heterocycles. The largest absolute Gasteiger partial charge is 0.441 e. The summed E-state index contributed by atoms with van der Waals surface area (Å²) < 4.78 is 11.0. The van der Waals surface area contributed by atoms with Crippen molar-refractivity contribution < 1.29 is 19.1 Å². The molecule has 0 aromatic heterocycles. The smallest absolute Gasteiger partial charge is 0.417 e. The van der Waals surface area contributed by atoms with Gasteiger partial charge in [0.2, 0.25) is 0 Å². The molecule has 0 bridgehead atoms. The third-order valence-electron chi connectivity index (χ3n) is 4.10. The van der Waals surface area contributed by atoms with E-state index in [9.17, 15) is 9.59 Å². The molecule has 0 N–H and O–H groups in total. The summed E-state index contributed by atoms with van der Waals surface area (Å²) in [6, 6.07) is 9.32. The van der Waals surface area contributed by atoms with Crippen LogP contribution in [0.3, 0.4) is 0 Å². The first kappa shape index (κ1) is 17.5. The standard InChI is InChI=1S/C18H25NO4/c1-12(2)15-18(4,5)23-17(21)19(15)16(20)13(3)22-11-14-9-7-6-8-10-14/h6-10,12-13,15H,11H2,1-5H3/t13-,15-/m0/s1. The third kappa shape index (κ3) is 3.72. The Morgan fingerprint density at radius 3 is 2.43 bits per heavy atom. The van der Waals surface area contributed by atoms with Gasteiger partial charge in [-0.05, 0) is 32.3 Å². The normalized spacial score (nSPS) is 21.4. The van der Waals surface area contributed by atoms with Crippen molar-refractivity contribution in [3.63, 3.8) is 0 Å². The molecule has 1 aromatic rings. The minimum Gasteiger partial charge on any atom is -0.441 e. The average Bonchev–Trinajstić information content (AvgIpc) is 2.73. The van der Waals surface area contributed by atoms with Gasteiger partial charge in [0, 0.05) is 0 Å². The van der Waals surface area contributed by atoms with E-state index in [-0.39, 0.29) is 17.9 Å². The van der Waals surface area contributed by atoms with E-state index >= 15 is 0 Å². The molecule has 1 aliphatic heterocycles. The Morgan fingerprint density at radius 2 is 1.87 bits per heavy atom. The van der Waals surface area contributed by atoms with Crippen LogP contribution in [0.25, 0.3) is 0 Å². The Balaban J connectivity index is 2.07. The van der Waals surface area contributed by atoms with E-state index in [1.807, 2.05) is 58.0 Å². The van der Waals surface area contributed by atoms with Crippen LogP contribution in [-0.2, 0) is 20.9 Å². The molecule has 5 nitrogen and oxygen atoms in total. The van der Waals surface area contributed by atoms with Crippen LogP contribution in [-0.4, -0.2) is 34.6 Å². The summed E-state index contributed by atoms with van der Waals surface area (Å²) in [7, 11) is 0. The van der Waals surface area contributed by atoms with Crippen molar-refractivity contribution >= 4 is 12.0 Å². The summed E-state index contributed by atoms with van der Waals surface area (Å²) in [6.07, 6.45) is -1.30. The monoisotopic (exact) mass is 319 g/mol. The predicted octanol–water partition coefficient (Wildman–Crippen LogP) is 3.37. The molecular formula is C18H25NO4. The topological polar surface area (TPSA) is 55.8 Å². The number of cyclic esters (lactones) is 1. The molecule has 1 fully saturated rings. The first-order valence-electron chi connectivity index (χ1n) is 7.95. The molecule has 0 aliphatic carbocycles. The van der Waals surface area contributed by atoms with E-state index in [1.54, 1.807) is 6.92 Å². The molecule has 0 saturated carbocycles. The van der Waals surface area contributed by atoms with Crippen LogP contribution in [0.2, 0.25) is 0 Å². The Kier molecular flexibility index (Phi) is 5.09. The molecule has 0 radical (unpaired) electrons. The van der Waals surface area contributed by atoms with E-state index in [4.69, 9.17) is 9.47 Å². The Hall–Kier alpha value is -1.88. The van der Waals surface area contributed by atoms with Crippen molar-refractivity contribution in [2.75, 3.05) is 0 Å². The van der Waals surface area contributed by atoms with Gasteiger partial charge in [-0.1, -0.05) is 44.2 Å². The van der Waals surface area contributed by atoms with Crippen molar-refractivity contribution in [2.45, 2.75) is 59.0 Å². The highest BCUT2D eigenvalue weighted by molar-refractivity contribution is 5.96. The second kappa shape index (κ2) is 6.71. The highest BCUT2D eigenvalue weighted by atomic mass is 16.6. The van der Waals surface area contributed by atoms with E-state index in [1.165, 1.54) is 4.90 Å².